The summed E-state index contributed by atoms with van der Waals surface area (Å²) >= 11 is 0. The number of aromatic nitrogens is 3. The second-order valence-corrected chi connectivity index (χ2v) is 4.23. The first-order chi connectivity index (χ1) is 11.6. The first-order valence-corrected chi connectivity index (χ1v) is 6.59. The van der Waals surface area contributed by atoms with Crippen LogP contribution in [0.25, 0.3) is 0 Å². The molecule has 12 heteroatoms. The summed E-state index contributed by atoms with van der Waals surface area (Å²) in [6.07, 6.45) is 0. The molecular formula is C12H15N9O3. The number of aliphatic hydroxyl groups excluding tert-OH is 3. The van der Waals surface area contributed by atoms with Crippen LogP contribution in [0.15, 0.2) is 0 Å². The highest BCUT2D eigenvalue weighted by Crippen LogP contribution is 2.18. The number of hydrogen-bond acceptors (Lipinski definition) is 12. The van der Waals surface area contributed by atoms with Crippen LogP contribution in [0.3, 0.4) is 0 Å². The summed E-state index contributed by atoms with van der Waals surface area (Å²) in [5, 5.41) is 54.4. The maximum absolute atomic E-state index is 9.33. The Morgan fingerprint density at radius 1 is 0.625 bits per heavy atom. The van der Waals surface area contributed by atoms with E-state index in [1.807, 2.05) is 18.2 Å². The lowest BCUT2D eigenvalue weighted by molar-refractivity contribution is 0.288. The van der Waals surface area contributed by atoms with Gasteiger partial charge in [-0.15, -0.1) is 0 Å². The number of hydrogen-bond donors (Lipinski definition) is 3. The molecule has 0 fully saturated rings. The van der Waals surface area contributed by atoms with Crippen molar-refractivity contribution in [1.29, 1.82) is 15.8 Å². The van der Waals surface area contributed by atoms with Crippen LogP contribution in [-0.4, -0.2) is 70.1 Å². The molecule has 0 saturated heterocycles. The van der Waals surface area contributed by atoms with Gasteiger partial charge in [-0.25, -0.2) is 0 Å². The van der Waals surface area contributed by atoms with Gasteiger partial charge in [0, 0.05) is 0 Å². The van der Waals surface area contributed by atoms with E-state index in [1.54, 1.807) is 0 Å². The lowest BCUT2D eigenvalue weighted by Gasteiger charge is -2.23. The molecule has 126 valence electrons. The van der Waals surface area contributed by atoms with Crippen LogP contribution in [-0.2, 0) is 0 Å². The van der Waals surface area contributed by atoms with Gasteiger partial charge in [-0.1, -0.05) is 0 Å². The fourth-order valence-corrected chi connectivity index (χ4v) is 1.58. The zero-order valence-corrected chi connectivity index (χ0v) is 12.6. The molecule has 0 unspecified atom stereocenters. The Morgan fingerprint density at radius 2 is 0.875 bits per heavy atom. The number of anilines is 3. The van der Waals surface area contributed by atoms with Gasteiger partial charge in [0.2, 0.25) is 17.8 Å². The third-order valence-corrected chi connectivity index (χ3v) is 2.75. The Morgan fingerprint density at radius 3 is 1.04 bits per heavy atom. The minimum absolute atomic E-state index is 0.105. The Bertz CT molecular complexity index is 560. The SMILES string of the molecule is N#CCN(CO)c1nc(N(CO)CC#N)nc(N(CO)CC#N)n1. The summed E-state index contributed by atoms with van der Waals surface area (Å²) in [6.45, 7) is -2.38. The van der Waals surface area contributed by atoms with E-state index in [4.69, 9.17) is 15.8 Å². The Balaban J connectivity index is 3.40. The number of aliphatic hydroxyl groups is 3. The first-order valence-electron chi connectivity index (χ1n) is 6.59. The smallest absolute Gasteiger partial charge is 0.234 e. The third-order valence-electron chi connectivity index (χ3n) is 2.75. The molecule has 1 rings (SSSR count). The van der Waals surface area contributed by atoms with Gasteiger partial charge in [-0.2, -0.15) is 30.7 Å². The quantitative estimate of drug-likeness (QED) is 0.325. The van der Waals surface area contributed by atoms with Crippen LogP contribution >= 0.6 is 0 Å². The topological polar surface area (TPSA) is 180 Å². The predicted molar refractivity (Wildman–Crippen MR) is 80.0 cm³/mol. The second-order valence-electron chi connectivity index (χ2n) is 4.23. The van der Waals surface area contributed by atoms with Crippen LogP contribution in [0.2, 0.25) is 0 Å². The molecule has 0 spiro atoms. The molecule has 0 aromatic carbocycles. The summed E-state index contributed by atoms with van der Waals surface area (Å²) < 4.78 is 0. The average molecular weight is 333 g/mol. The van der Waals surface area contributed by atoms with Crippen molar-refractivity contribution in [3.8, 4) is 18.2 Å². The molecule has 0 bridgehead atoms. The van der Waals surface area contributed by atoms with Gasteiger partial charge in [0.05, 0.1) is 18.2 Å². The molecule has 1 heterocycles. The maximum Gasteiger partial charge on any atom is 0.234 e. The number of nitrogens with zero attached hydrogens (tertiary/aromatic N) is 9. The van der Waals surface area contributed by atoms with Gasteiger partial charge in [0.25, 0.3) is 0 Å². The van der Waals surface area contributed by atoms with Crippen LogP contribution < -0.4 is 14.7 Å². The normalized spacial score (nSPS) is 9.50. The van der Waals surface area contributed by atoms with Gasteiger partial charge in [-0.05, 0) is 0 Å². The van der Waals surface area contributed by atoms with E-state index in [2.05, 4.69) is 15.0 Å². The van der Waals surface area contributed by atoms with Crippen molar-refractivity contribution in [2.24, 2.45) is 0 Å². The van der Waals surface area contributed by atoms with E-state index < -0.39 is 20.2 Å². The molecular weight excluding hydrogens is 318 g/mol. The standard InChI is InChI=1S/C12H15N9O3/c13-1-4-19(7-22)10-16-11(20(8-23)5-2-14)18-12(17-10)21(9-24)6-3-15/h22-24H,4-9H2. The van der Waals surface area contributed by atoms with Crippen molar-refractivity contribution in [1.82, 2.24) is 15.0 Å². The van der Waals surface area contributed by atoms with Gasteiger partial charge in [0.1, 0.15) is 39.8 Å². The van der Waals surface area contributed by atoms with Crippen LogP contribution in [0.4, 0.5) is 17.8 Å². The average Bonchev–Trinajstić information content (AvgIpc) is 2.61. The van der Waals surface area contributed by atoms with Crippen molar-refractivity contribution < 1.29 is 15.3 Å². The molecule has 0 aliphatic heterocycles. The molecule has 0 amide bonds. The van der Waals surface area contributed by atoms with Gasteiger partial charge < -0.3 is 30.0 Å². The lowest BCUT2D eigenvalue weighted by atomic mass is 10.5. The van der Waals surface area contributed by atoms with Crippen molar-refractivity contribution in [2.75, 3.05) is 54.5 Å². The molecule has 12 nitrogen and oxygen atoms in total. The Hall–Kier alpha value is -3.24. The summed E-state index contributed by atoms with van der Waals surface area (Å²) in [6, 6.07) is 5.48. The first kappa shape index (κ1) is 18.8. The fourth-order valence-electron chi connectivity index (χ4n) is 1.58. The van der Waals surface area contributed by atoms with Crippen molar-refractivity contribution >= 4 is 17.8 Å². The minimum atomic E-state index is -0.564. The van der Waals surface area contributed by atoms with Crippen molar-refractivity contribution in [3.63, 3.8) is 0 Å². The zero-order valence-electron chi connectivity index (χ0n) is 12.6. The molecule has 0 saturated carbocycles. The molecule has 1 aromatic heterocycles. The van der Waals surface area contributed by atoms with Crippen LogP contribution in [0.1, 0.15) is 0 Å². The summed E-state index contributed by atoms with van der Waals surface area (Å²) in [5.74, 6) is -0.314. The van der Waals surface area contributed by atoms with Crippen molar-refractivity contribution in [2.45, 2.75) is 0 Å². The minimum Gasteiger partial charge on any atom is -0.376 e. The molecule has 0 aliphatic rings. The highest BCUT2D eigenvalue weighted by molar-refractivity contribution is 5.47. The van der Waals surface area contributed by atoms with E-state index in [-0.39, 0.29) is 37.5 Å². The summed E-state index contributed by atoms with van der Waals surface area (Å²) in [4.78, 5) is 15.3. The predicted octanol–water partition coefficient (Wildman–Crippen LogP) is -2.29. The van der Waals surface area contributed by atoms with Gasteiger partial charge >= 0.3 is 0 Å². The molecule has 1 aromatic rings. The highest BCUT2D eigenvalue weighted by Gasteiger charge is 2.19. The molecule has 0 aliphatic carbocycles. The molecule has 0 atom stereocenters. The van der Waals surface area contributed by atoms with Crippen LogP contribution in [0, 0.1) is 34.0 Å². The maximum atomic E-state index is 9.33. The van der Waals surface area contributed by atoms with E-state index in [9.17, 15) is 15.3 Å². The Labute approximate surface area is 137 Å². The largest absolute Gasteiger partial charge is 0.376 e. The highest BCUT2D eigenvalue weighted by atomic mass is 16.3. The van der Waals surface area contributed by atoms with E-state index in [0.717, 1.165) is 14.7 Å². The summed E-state index contributed by atoms with van der Waals surface area (Å²) in [7, 11) is 0. The lowest BCUT2D eigenvalue weighted by Crippen LogP contribution is -2.33. The second kappa shape index (κ2) is 9.71. The third kappa shape index (κ3) is 4.63. The summed E-state index contributed by atoms with van der Waals surface area (Å²) in [5.41, 5.74) is 0. The van der Waals surface area contributed by atoms with Gasteiger partial charge in [0.15, 0.2) is 0 Å². The molecule has 3 N–H and O–H groups in total. The van der Waals surface area contributed by atoms with Gasteiger partial charge in [-0.3, -0.25) is 0 Å². The molecule has 0 radical (unpaired) electrons. The van der Waals surface area contributed by atoms with Crippen LogP contribution in [0.5, 0.6) is 0 Å². The van der Waals surface area contributed by atoms with Crippen molar-refractivity contribution in [3.05, 3.63) is 0 Å². The van der Waals surface area contributed by atoms with E-state index in [0.29, 0.717) is 0 Å². The Kier molecular flexibility index (Phi) is 7.61. The number of rotatable bonds is 9. The fraction of sp³-hybridized carbons (Fsp3) is 0.500. The van der Waals surface area contributed by atoms with E-state index in [1.165, 1.54) is 0 Å². The number of nitriles is 3. The van der Waals surface area contributed by atoms with E-state index >= 15 is 0 Å². The zero-order chi connectivity index (χ0) is 17.9. The monoisotopic (exact) mass is 333 g/mol. The molecule has 24 heavy (non-hydrogen) atoms.